The van der Waals surface area contributed by atoms with Crippen LogP contribution in [-0.2, 0) is 17.8 Å². The Morgan fingerprint density at radius 1 is 1.24 bits per heavy atom. The van der Waals surface area contributed by atoms with Crippen LogP contribution in [0.15, 0.2) is 46.9 Å². The largest absolute Gasteiger partial charge is 0.464 e. The summed E-state index contributed by atoms with van der Waals surface area (Å²) in [7, 11) is 1.74. The molecular formula is C16H21ClN2O2. The van der Waals surface area contributed by atoms with Crippen LogP contribution in [0.2, 0.25) is 0 Å². The van der Waals surface area contributed by atoms with Crippen LogP contribution in [-0.4, -0.2) is 23.9 Å². The Balaban J connectivity index is 0.00000220. The van der Waals surface area contributed by atoms with Crippen molar-refractivity contribution in [1.29, 1.82) is 0 Å². The lowest BCUT2D eigenvalue weighted by molar-refractivity contribution is -0.132. The maximum atomic E-state index is 12.2. The van der Waals surface area contributed by atoms with E-state index in [9.17, 15) is 4.79 Å². The molecule has 114 valence electrons. The van der Waals surface area contributed by atoms with Crippen molar-refractivity contribution in [1.82, 2.24) is 4.90 Å². The van der Waals surface area contributed by atoms with E-state index in [4.69, 9.17) is 10.2 Å². The van der Waals surface area contributed by atoms with Crippen LogP contribution in [0.4, 0.5) is 0 Å². The van der Waals surface area contributed by atoms with Gasteiger partial charge in [0.15, 0.2) is 0 Å². The monoisotopic (exact) mass is 308 g/mol. The van der Waals surface area contributed by atoms with Gasteiger partial charge in [-0.3, -0.25) is 4.79 Å². The normalized spacial score (nSPS) is 11.6. The van der Waals surface area contributed by atoms with E-state index < -0.39 is 6.04 Å². The molecule has 1 heterocycles. The second kappa shape index (κ2) is 7.86. The number of furan rings is 1. The molecule has 0 bridgehead atoms. The van der Waals surface area contributed by atoms with Crippen molar-refractivity contribution in [2.45, 2.75) is 25.9 Å². The zero-order valence-electron chi connectivity index (χ0n) is 12.3. The van der Waals surface area contributed by atoms with Gasteiger partial charge in [0.25, 0.3) is 0 Å². The standard InChI is InChI=1S/C16H20N2O2.ClH/c1-12-8-9-14(20-12)11-18(2)16(19)15(17)10-13-6-4-3-5-7-13;/h3-9,15H,10-11,17H2,1-2H3;1H. The summed E-state index contributed by atoms with van der Waals surface area (Å²) in [5.74, 6) is 1.53. The van der Waals surface area contributed by atoms with Crippen LogP contribution in [0.25, 0.3) is 0 Å². The van der Waals surface area contributed by atoms with Gasteiger partial charge in [-0.2, -0.15) is 0 Å². The first-order valence-corrected chi connectivity index (χ1v) is 6.66. The molecule has 1 unspecified atom stereocenters. The summed E-state index contributed by atoms with van der Waals surface area (Å²) in [6, 6.07) is 13.0. The first-order chi connectivity index (χ1) is 9.56. The number of likely N-dealkylation sites (N-methyl/N-ethyl adjacent to an activating group) is 1. The van der Waals surface area contributed by atoms with Crippen molar-refractivity contribution >= 4 is 18.3 Å². The van der Waals surface area contributed by atoms with Crippen molar-refractivity contribution in [3.8, 4) is 0 Å². The zero-order chi connectivity index (χ0) is 14.5. The van der Waals surface area contributed by atoms with Gasteiger partial charge in [0, 0.05) is 7.05 Å². The van der Waals surface area contributed by atoms with Gasteiger partial charge in [-0.25, -0.2) is 0 Å². The third-order valence-electron chi connectivity index (χ3n) is 3.18. The average molecular weight is 309 g/mol. The SMILES string of the molecule is Cc1ccc(CN(C)C(=O)C(N)Cc2ccccc2)o1.Cl. The molecule has 2 N–H and O–H groups in total. The third-order valence-corrected chi connectivity index (χ3v) is 3.18. The quantitative estimate of drug-likeness (QED) is 0.923. The zero-order valence-corrected chi connectivity index (χ0v) is 13.1. The molecule has 1 atom stereocenters. The number of aryl methyl sites for hydroxylation is 1. The molecule has 1 amide bonds. The molecule has 1 aromatic heterocycles. The fourth-order valence-corrected chi connectivity index (χ4v) is 2.12. The van der Waals surface area contributed by atoms with Gasteiger partial charge in [-0.1, -0.05) is 30.3 Å². The van der Waals surface area contributed by atoms with E-state index in [-0.39, 0.29) is 18.3 Å². The Labute approximate surface area is 131 Å². The van der Waals surface area contributed by atoms with E-state index >= 15 is 0 Å². The van der Waals surface area contributed by atoms with E-state index in [0.717, 1.165) is 17.1 Å². The van der Waals surface area contributed by atoms with Gasteiger partial charge in [0.05, 0.1) is 12.6 Å². The average Bonchev–Trinajstić information content (AvgIpc) is 2.84. The van der Waals surface area contributed by atoms with Gasteiger partial charge < -0.3 is 15.1 Å². The topological polar surface area (TPSA) is 59.5 Å². The maximum Gasteiger partial charge on any atom is 0.239 e. The molecule has 4 nitrogen and oxygen atoms in total. The second-order valence-corrected chi connectivity index (χ2v) is 5.00. The summed E-state index contributed by atoms with van der Waals surface area (Å²) < 4.78 is 5.47. The van der Waals surface area contributed by atoms with E-state index in [1.807, 2.05) is 49.4 Å². The lowest BCUT2D eigenvalue weighted by Gasteiger charge is -2.20. The second-order valence-electron chi connectivity index (χ2n) is 5.00. The molecule has 0 fully saturated rings. The number of nitrogens with two attached hydrogens (primary N) is 1. The number of hydrogen-bond acceptors (Lipinski definition) is 3. The Hall–Kier alpha value is -1.78. The highest BCUT2D eigenvalue weighted by molar-refractivity contribution is 5.85. The summed E-state index contributed by atoms with van der Waals surface area (Å²) in [5, 5.41) is 0. The highest BCUT2D eigenvalue weighted by Crippen LogP contribution is 2.10. The number of amides is 1. The number of carbonyl (C=O) groups excluding carboxylic acids is 1. The van der Waals surface area contributed by atoms with Crippen molar-refractivity contribution in [2.24, 2.45) is 5.73 Å². The Morgan fingerprint density at radius 3 is 2.48 bits per heavy atom. The Morgan fingerprint density at radius 2 is 1.90 bits per heavy atom. The van der Waals surface area contributed by atoms with E-state index in [1.165, 1.54) is 0 Å². The predicted molar refractivity (Wildman–Crippen MR) is 85.3 cm³/mol. The Bertz CT molecular complexity index is 569. The van der Waals surface area contributed by atoms with E-state index in [0.29, 0.717) is 13.0 Å². The minimum Gasteiger partial charge on any atom is -0.464 e. The molecule has 21 heavy (non-hydrogen) atoms. The van der Waals surface area contributed by atoms with Gasteiger partial charge in [-0.05, 0) is 31.0 Å². The van der Waals surface area contributed by atoms with Crippen LogP contribution in [0.3, 0.4) is 0 Å². The highest BCUT2D eigenvalue weighted by Gasteiger charge is 2.19. The minimum atomic E-state index is -0.529. The molecule has 0 aliphatic rings. The lowest BCUT2D eigenvalue weighted by atomic mass is 10.1. The highest BCUT2D eigenvalue weighted by atomic mass is 35.5. The molecule has 0 aliphatic carbocycles. The number of rotatable bonds is 5. The van der Waals surface area contributed by atoms with Crippen LogP contribution in [0.1, 0.15) is 17.1 Å². The van der Waals surface area contributed by atoms with Gasteiger partial charge in [0.1, 0.15) is 11.5 Å². The van der Waals surface area contributed by atoms with Crippen LogP contribution in [0.5, 0.6) is 0 Å². The lowest BCUT2D eigenvalue weighted by Crippen LogP contribution is -2.42. The maximum absolute atomic E-state index is 12.2. The number of halogens is 1. The molecule has 0 saturated heterocycles. The summed E-state index contributed by atoms with van der Waals surface area (Å²) in [6.07, 6.45) is 0.543. The molecule has 0 radical (unpaired) electrons. The Kier molecular flexibility index (Phi) is 6.46. The molecule has 2 rings (SSSR count). The van der Waals surface area contributed by atoms with Gasteiger partial charge in [0.2, 0.25) is 5.91 Å². The molecule has 1 aromatic carbocycles. The van der Waals surface area contributed by atoms with Crippen molar-refractivity contribution in [2.75, 3.05) is 7.05 Å². The molecule has 0 aliphatic heterocycles. The van der Waals surface area contributed by atoms with Crippen molar-refractivity contribution in [3.05, 3.63) is 59.5 Å². The molecule has 5 heteroatoms. The minimum absolute atomic E-state index is 0. The fraction of sp³-hybridized carbons (Fsp3) is 0.312. The van der Waals surface area contributed by atoms with E-state index in [2.05, 4.69) is 0 Å². The summed E-state index contributed by atoms with van der Waals surface area (Å²) in [4.78, 5) is 13.8. The summed E-state index contributed by atoms with van der Waals surface area (Å²) >= 11 is 0. The van der Waals surface area contributed by atoms with Crippen LogP contribution >= 0.6 is 12.4 Å². The first kappa shape index (κ1) is 17.3. The number of nitrogens with zero attached hydrogens (tertiary/aromatic N) is 1. The summed E-state index contributed by atoms with van der Waals surface area (Å²) in [5.41, 5.74) is 7.05. The van der Waals surface area contributed by atoms with Crippen LogP contribution in [0, 0.1) is 6.92 Å². The first-order valence-electron chi connectivity index (χ1n) is 6.66. The molecule has 2 aromatic rings. The fourth-order valence-electron chi connectivity index (χ4n) is 2.12. The smallest absolute Gasteiger partial charge is 0.239 e. The van der Waals surface area contributed by atoms with Crippen molar-refractivity contribution in [3.63, 3.8) is 0 Å². The molecule has 0 spiro atoms. The van der Waals surface area contributed by atoms with E-state index in [1.54, 1.807) is 11.9 Å². The van der Waals surface area contributed by atoms with Gasteiger partial charge >= 0.3 is 0 Å². The van der Waals surface area contributed by atoms with Gasteiger partial charge in [-0.15, -0.1) is 12.4 Å². The van der Waals surface area contributed by atoms with Crippen LogP contribution < -0.4 is 5.73 Å². The molecular weight excluding hydrogens is 288 g/mol. The van der Waals surface area contributed by atoms with Crippen molar-refractivity contribution < 1.29 is 9.21 Å². The third kappa shape index (κ3) is 4.92. The summed E-state index contributed by atoms with van der Waals surface area (Å²) in [6.45, 7) is 2.32. The predicted octanol–water partition coefficient (Wildman–Crippen LogP) is 2.54. The number of benzene rings is 1. The number of carbonyl (C=O) groups is 1. The number of hydrogen-bond donors (Lipinski definition) is 1. The molecule has 0 saturated carbocycles.